The molecule has 0 aromatic carbocycles. The van der Waals surface area contributed by atoms with Gasteiger partial charge >= 0.3 is 0 Å². The molecule has 42 valence electrons. The van der Waals surface area contributed by atoms with Crippen LogP contribution in [0.2, 0.25) is 0 Å². The summed E-state index contributed by atoms with van der Waals surface area (Å²) in [6.45, 7) is 2.66. The molecular weight excluding hydrogens is 90.1 g/mol. The van der Waals surface area contributed by atoms with Crippen molar-refractivity contribution < 1.29 is 4.79 Å². The highest BCUT2D eigenvalue weighted by Gasteiger charge is 1.92. The number of hydrogen-bond donors (Lipinski definition) is 1. The number of nitrogens with one attached hydrogen (secondary N) is 1. The van der Waals surface area contributed by atoms with Crippen molar-refractivity contribution >= 4 is 6.29 Å². The van der Waals surface area contributed by atoms with Crippen LogP contribution in [0, 0.1) is 5.92 Å². The predicted molar refractivity (Wildman–Crippen MR) is 29.2 cm³/mol. The SMILES string of the molecule is CNC[C@@H](C)C=O. The molecule has 7 heavy (non-hydrogen) atoms. The van der Waals surface area contributed by atoms with Crippen LogP contribution in [0.15, 0.2) is 0 Å². The lowest BCUT2D eigenvalue weighted by molar-refractivity contribution is -0.110. The summed E-state index contributed by atoms with van der Waals surface area (Å²) < 4.78 is 0. The molecule has 0 saturated heterocycles. The van der Waals surface area contributed by atoms with Gasteiger partial charge in [-0.2, -0.15) is 0 Å². The number of rotatable bonds is 3. The summed E-state index contributed by atoms with van der Waals surface area (Å²) in [5.41, 5.74) is 0. The third-order valence-electron chi connectivity index (χ3n) is 0.758. The maximum absolute atomic E-state index is 9.85. The number of aldehydes is 1. The van der Waals surface area contributed by atoms with Crippen molar-refractivity contribution in [1.82, 2.24) is 5.32 Å². The molecule has 0 aliphatic carbocycles. The summed E-state index contributed by atoms with van der Waals surface area (Å²) >= 11 is 0. The average molecular weight is 101 g/mol. The lowest BCUT2D eigenvalue weighted by Crippen LogP contribution is -2.16. The van der Waals surface area contributed by atoms with E-state index in [2.05, 4.69) is 5.32 Å². The fraction of sp³-hybridized carbons (Fsp3) is 0.800. The molecule has 0 saturated carbocycles. The second kappa shape index (κ2) is 3.81. The quantitative estimate of drug-likeness (QED) is 0.508. The monoisotopic (exact) mass is 101 g/mol. The smallest absolute Gasteiger partial charge is 0.124 e. The lowest BCUT2D eigenvalue weighted by atomic mass is 10.2. The number of carbonyl (C=O) groups is 1. The van der Waals surface area contributed by atoms with Crippen LogP contribution in [-0.2, 0) is 4.79 Å². The largest absolute Gasteiger partial charge is 0.319 e. The molecule has 0 aliphatic heterocycles. The summed E-state index contributed by atoms with van der Waals surface area (Å²) in [5, 5.41) is 2.89. The minimum absolute atomic E-state index is 0.157. The molecular formula is C5H11NO. The predicted octanol–water partition coefficient (Wildman–Crippen LogP) is 0.0408. The molecule has 0 spiro atoms. The Balaban J connectivity index is 2.98. The second-order valence-electron chi connectivity index (χ2n) is 1.67. The van der Waals surface area contributed by atoms with E-state index in [4.69, 9.17) is 0 Å². The Morgan fingerprint density at radius 3 is 2.57 bits per heavy atom. The highest BCUT2D eigenvalue weighted by Crippen LogP contribution is 1.81. The zero-order chi connectivity index (χ0) is 5.70. The first-order chi connectivity index (χ1) is 3.31. The standard InChI is InChI=1S/C5H11NO/c1-5(4-7)3-6-2/h4-6H,3H2,1-2H3/t5-/m1/s1. The summed E-state index contributed by atoms with van der Waals surface area (Å²) in [6, 6.07) is 0. The molecule has 0 radical (unpaired) electrons. The van der Waals surface area contributed by atoms with Gasteiger partial charge < -0.3 is 10.1 Å². The first kappa shape index (κ1) is 6.63. The summed E-state index contributed by atoms with van der Waals surface area (Å²) in [7, 11) is 1.83. The minimum atomic E-state index is 0.157. The van der Waals surface area contributed by atoms with Gasteiger partial charge in [-0.15, -0.1) is 0 Å². The van der Waals surface area contributed by atoms with E-state index >= 15 is 0 Å². The molecule has 0 bridgehead atoms. The van der Waals surface area contributed by atoms with E-state index in [0.29, 0.717) is 0 Å². The van der Waals surface area contributed by atoms with Crippen molar-refractivity contribution in [2.75, 3.05) is 13.6 Å². The van der Waals surface area contributed by atoms with Gasteiger partial charge in [0.15, 0.2) is 0 Å². The van der Waals surface area contributed by atoms with Crippen LogP contribution in [0.25, 0.3) is 0 Å². The average Bonchev–Trinajstić information content (AvgIpc) is 1.68. The Morgan fingerprint density at radius 1 is 1.86 bits per heavy atom. The van der Waals surface area contributed by atoms with E-state index in [1.807, 2.05) is 14.0 Å². The van der Waals surface area contributed by atoms with Gasteiger partial charge in [0.1, 0.15) is 6.29 Å². The molecule has 0 unspecified atom stereocenters. The van der Waals surface area contributed by atoms with E-state index in [-0.39, 0.29) is 5.92 Å². The van der Waals surface area contributed by atoms with Crippen molar-refractivity contribution in [2.24, 2.45) is 5.92 Å². The topological polar surface area (TPSA) is 29.1 Å². The molecule has 2 heteroatoms. The van der Waals surface area contributed by atoms with Gasteiger partial charge in [-0.3, -0.25) is 0 Å². The molecule has 0 aromatic rings. The number of carbonyl (C=O) groups excluding carboxylic acids is 1. The minimum Gasteiger partial charge on any atom is -0.319 e. The normalized spacial score (nSPS) is 13.4. The zero-order valence-corrected chi connectivity index (χ0v) is 4.77. The van der Waals surface area contributed by atoms with E-state index in [1.54, 1.807) is 0 Å². The highest BCUT2D eigenvalue weighted by molar-refractivity contribution is 5.52. The molecule has 0 heterocycles. The molecule has 0 fully saturated rings. The summed E-state index contributed by atoms with van der Waals surface area (Å²) in [6.07, 6.45) is 0.941. The Bertz CT molecular complexity index is 54.0. The van der Waals surface area contributed by atoms with Gasteiger partial charge in [0, 0.05) is 12.5 Å². The Kier molecular flexibility index (Phi) is 3.61. The second-order valence-corrected chi connectivity index (χ2v) is 1.67. The van der Waals surface area contributed by atoms with E-state index in [9.17, 15) is 4.79 Å². The van der Waals surface area contributed by atoms with E-state index in [1.165, 1.54) is 0 Å². The van der Waals surface area contributed by atoms with Gasteiger partial charge in [0.25, 0.3) is 0 Å². The van der Waals surface area contributed by atoms with E-state index in [0.717, 1.165) is 12.8 Å². The summed E-state index contributed by atoms with van der Waals surface area (Å²) in [5.74, 6) is 0.157. The van der Waals surface area contributed by atoms with Crippen molar-refractivity contribution in [2.45, 2.75) is 6.92 Å². The van der Waals surface area contributed by atoms with Crippen LogP contribution in [0.5, 0.6) is 0 Å². The van der Waals surface area contributed by atoms with Gasteiger partial charge in [0.2, 0.25) is 0 Å². The molecule has 2 nitrogen and oxygen atoms in total. The fourth-order valence-corrected chi connectivity index (χ4v) is 0.370. The van der Waals surface area contributed by atoms with Gasteiger partial charge in [-0.1, -0.05) is 6.92 Å². The first-order valence-corrected chi connectivity index (χ1v) is 2.41. The van der Waals surface area contributed by atoms with Crippen LogP contribution in [-0.4, -0.2) is 19.9 Å². The Labute approximate surface area is 43.9 Å². The molecule has 0 aromatic heterocycles. The molecule has 0 rings (SSSR count). The summed E-state index contributed by atoms with van der Waals surface area (Å²) in [4.78, 5) is 9.85. The molecule has 0 aliphatic rings. The molecule has 0 amide bonds. The highest BCUT2D eigenvalue weighted by atomic mass is 16.1. The zero-order valence-electron chi connectivity index (χ0n) is 4.77. The van der Waals surface area contributed by atoms with Crippen LogP contribution < -0.4 is 5.32 Å². The Hall–Kier alpha value is -0.370. The Morgan fingerprint density at radius 2 is 2.43 bits per heavy atom. The van der Waals surface area contributed by atoms with Gasteiger partial charge in [-0.05, 0) is 7.05 Å². The number of hydrogen-bond acceptors (Lipinski definition) is 2. The third-order valence-corrected chi connectivity index (χ3v) is 0.758. The van der Waals surface area contributed by atoms with E-state index < -0.39 is 0 Å². The van der Waals surface area contributed by atoms with Crippen LogP contribution >= 0.6 is 0 Å². The molecule has 1 atom stereocenters. The van der Waals surface area contributed by atoms with Crippen molar-refractivity contribution in [3.05, 3.63) is 0 Å². The van der Waals surface area contributed by atoms with Gasteiger partial charge in [-0.25, -0.2) is 0 Å². The van der Waals surface area contributed by atoms with Crippen molar-refractivity contribution in [3.63, 3.8) is 0 Å². The maximum Gasteiger partial charge on any atom is 0.124 e. The molecule has 1 N–H and O–H groups in total. The first-order valence-electron chi connectivity index (χ1n) is 2.41. The van der Waals surface area contributed by atoms with Gasteiger partial charge in [0.05, 0.1) is 0 Å². The fourth-order valence-electron chi connectivity index (χ4n) is 0.370. The van der Waals surface area contributed by atoms with Crippen molar-refractivity contribution in [1.29, 1.82) is 0 Å². The maximum atomic E-state index is 9.85. The van der Waals surface area contributed by atoms with Crippen molar-refractivity contribution in [3.8, 4) is 0 Å². The third kappa shape index (κ3) is 3.46. The van der Waals surface area contributed by atoms with Crippen LogP contribution in [0.3, 0.4) is 0 Å². The van der Waals surface area contributed by atoms with Crippen LogP contribution in [0.4, 0.5) is 0 Å². The lowest BCUT2D eigenvalue weighted by Gasteiger charge is -1.97. The van der Waals surface area contributed by atoms with Crippen LogP contribution in [0.1, 0.15) is 6.92 Å².